The summed E-state index contributed by atoms with van der Waals surface area (Å²) < 4.78 is 92.3. The molecule has 1 aromatic carbocycles. The Kier molecular flexibility index (Phi) is 6.33. The SMILES string of the molecule is CCS(=O)(=O)c1sc(-c2ccccc2)nc1-c1ccc(OCC(F)(F)C(F)(F)F)cn1. The predicted octanol–water partition coefficient (Wildman–Crippen LogP) is 5.24. The minimum Gasteiger partial charge on any atom is -0.485 e. The van der Waals surface area contributed by atoms with Gasteiger partial charge in [-0.1, -0.05) is 37.3 Å². The fourth-order valence-electron chi connectivity index (χ4n) is 2.38. The van der Waals surface area contributed by atoms with Crippen molar-refractivity contribution in [1.82, 2.24) is 9.97 Å². The van der Waals surface area contributed by atoms with Crippen molar-refractivity contribution in [1.29, 1.82) is 0 Å². The number of rotatable bonds is 7. The van der Waals surface area contributed by atoms with E-state index in [0.717, 1.165) is 23.6 Å². The number of nitrogens with zero attached hydrogens (tertiary/aromatic N) is 2. The summed E-state index contributed by atoms with van der Waals surface area (Å²) in [5, 5.41) is 0.439. The van der Waals surface area contributed by atoms with Crippen LogP contribution in [-0.4, -0.2) is 42.8 Å². The van der Waals surface area contributed by atoms with Gasteiger partial charge in [0, 0.05) is 5.56 Å². The lowest BCUT2D eigenvalue weighted by Crippen LogP contribution is -2.41. The number of thiazole rings is 1. The first kappa shape index (κ1) is 23.1. The Bertz CT molecular complexity index is 1150. The van der Waals surface area contributed by atoms with Gasteiger partial charge in [0.15, 0.2) is 16.4 Å². The summed E-state index contributed by atoms with van der Waals surface area (Å²) in [7, 11) is -3.66. The van der Waals surface area contributed by atoms with E-state index >= 15 is 0 Å². The maximum atomic E-state index is 13.0. The van der Waals surface area contributed by atoms with Gasteiger partial charge in [-0.3, -0.25) is 4.98 Å². The molecule has 0 atom stereocenters. The van der Waals surface area contributed by atoms with Gasteiger partial charge in [0.1, 0.15) is 20.7 Å². The molecule has 5 nitrogen and oxygen atoms in total. The highest BCUT2D eigenvalue weighted by molar-refractivity contribution is 7.93. The molecule has 0 unspecified atom stereocenters. The molecule has 0 N–H and O–H groups in total. The molecule has 0 aliphatic carbocycles. The normalized spacial score (nSPS) is 12.7. The number of sulfone groups is 1. The highest BCUT2D eigenvalue weighted by Crippen LogP contribution is 2.38. The van der Waals surface area contributed by atoms with E-state index in [2.05, 4.69) is 14.7 Å². The van der Waals surface area contributed by atoms with Crippen LogP contribution in [0.5, 0.6) is 5.75 Å². The second-order valence-electron chi connectivity index (χ2n) is 6.29. The number of halogens is 5. The molecule has 0 radical (unpaired) electrons. The molecule has 0 aliphatic rings. The van der Waals surface area contributed by atoms with Crippen molar-refractivity contribution in [2.24, 2.45) is 0 Å². The van der Waals surface area contributed by atoms with Crippen LogP contribution >= 0.6 is 11.3 Å². The van der Waals surface area contributed by atoms with Gasteiger partial charge in [-0.15, -0.1) is 11.3 Å². The topological polar surface area (TPSA) is 69.2 Å². The zero-order valence-corrected chi connectivity index (χ0v) is 17.5. The molecule has 0 bridgehead atoms. The molecule has 0 amide bonds. The molecule has 3 aromatic rings. The van der Waals surface area contributed by atoms with E-state index in [1.807, 2.05) is 0 Å². The number of alkyl halides is 5. The van der Waals surface area contributed by atoms with Crippen molar-refractivity contribution >= 4 is 21.2 Å². The lowest BCUT2D eigenvalue weighted by molar-refractivity contribution is -0.290. The number of hydrogen-bond acceptors (Lipinski definition) is 6. The maximum absolute atomic E-state index is 13.0. The van der Waals surface area contributed by atoms with E-state index < -0.39 is 28.5 Å². The van der Waals surface area contributed by atoms with Crippen LogP contribution in [0.3, 0.4) is 0 Å². The molecule has 2 heterocycles. The van der Waals surface area contributed by atoms with Crippen molar-refractivity contribution in [2.75, 3.05) is 12.4 Å². The van der Waals surface area contributed by atoms with Crippen molar-refractivity contribution in [3.63, 3.8) is 0 Å². The lowest BCUT2D eigenvalue weighted by atomic mass is 10.2. The van der Waals surface area contributed by atoms with Gasteiger partial charge in [-0.25, -0.2) is 13.4 Å². The van der Waals surface area contributed by atoms with E-state index in [9.17, 15) is 30.4 Å². The molecule has 12 heteroatoms. The van der Waals surface area contributed by atoms with Crippen molar-refractivity contribution in [3.05, 3.63) is 48.7 Å². The van der Waals surface area contributed by atoms with Crippen LogP contribution in [0.15, 0.2) is 52.9 Å². The summed E-state index contributed by atoms with van der Waals surface area (Å²) in [4.78, 5) is 8.34. The number of aromatic nitrogens is 2. The van der Waals surface area contributed by atoms with Gasteiger partial charge in [0.25, 0.3) is 0 Å². The number of ether oxygens (including phenoxy) is 1. The highest BCUT2D eigenvalue weighted by Gasteiger charge is 2.58. The van der Waals surface area contributed by atoms with Crippen LogP contribution in [0.1, 0.15) is 6.92 Å². The first-order valence-corrected chi connectivity index (χ1v) is 11.2. The largest absolute Gasteiger partial charge is 0.485 e. The highest BCUT2D eigenvalue weighted by atomic mass is 32.2. The maximum Gasteiger partial charge on any atom is 0.456 e. The first-order valence-electron chi connectivity index (χ1n) is 8.77. The van der Waals surface area contributed by atoms with Gasteiger partial charge >= 0.3 is 12.1 Å². The van der Waals surface area contributed by atoms with E-state index in [-0.39, 0.29) is 27.1 Å². The minimum atomic E-state index is -5.74. The second-order valence-corrected chi connectivity index (χ2v) is 9.77. The van der Waals surface area contributed by atoms with E-state index in [1.54, 1.807) is 30.3 Å². The molecule has 0 spiro atoms. The van der Waals surface area contributed by atoms with Gasteiger partial charge in [-0.05, 0) is 12.1 Å². The summed E-state index contributed by atoms with van der Waals surface area (Å²) in [6.07, 6.45) is -4.80. The van der Waals surface area contributed by atoms with Crippen LogP contribution in [0, 0.1) is 0 Å². The summed E-state index contributed by atoms with van der Waals surface area (Å²) in [6.45, 7) is -0.423. The van der Waals surface area contributed by atoms with Crippen LogP contribution in [0.25, 0.3) is 22.0 Å². The molecule has 2 aromatic heterocycles. The quantitative estimate of drug-likeness (QED) is 0.435. The molecule has 3 rings (SSSR count). The third-order valence-corrected chi connectivity index (χ3v) is 7.52. The van der Waals surface area contributed by atoms with Crippen LogP contribution in [-0.2, 0) is 9.84 Å². The Balaban J connectivity index is 1.93. The van der Waals surface area contributed by atoms with Crippen molar-refractivity contribution in [2.45, 2.75) is 23.2 Å². The summed E-state index contributed by atoms with van der Waals surface area (Å²) >= 11 is 0.965. The van der Waals surface area contributed by atoms with E-state index in [1.165, 1.54) is 13.0 Å². The molecule has 0 saturated heterocycles. The third kappa shape index (κ3) is 5.01. The predicted molar refractivity (Wildman–Crippen MR) is 105 cm³/mol. The van der Waals surface area contributed by atoms with Crippen molar-refractivity contribution < 1.29 is 35.1 Å². The average molecular weight is 478 g/mol. The minimum absolute atomic E-state index is 0.0152. The summed E-state index contributed by atoms with van der Waals surface area (Å²) in [5.41, 5.74) is 0.874. The standard InChI is InChI=1S/C19H15F5N2O3S2/c1-2-31(27,28)17-15(26-16(30-17)12-6-4-3-5-7-12)14-9-8-13(10-25-14)29-11-18(20,21)19(22,23)24/h3-10H,2,11H2,1H3. The van der Waals surface area contributed by atoms with Crippen LogP contribution in [0.2, 0.25) is 0 Å². The number of benzene rings is 1. The van der Waals surface area contributed by atoms with E-state index in [4.69, 9.17) is 0 Å². The Morgan fingerprint density at radius 2 is 1.71 bits per heavy atom. The van der Waals surface area contributed by atoms with Gasteiger partial charge in [0.05, 0.1) is 17.6 Å². The smallest absolute Gasteiger partial charge is 0.456 e. The Morgan fingerprint density at radius 1 is 1.03 bits per heavy atom. The zero-order chi connectivity index (χ0) is 22.9. The molecular weight excluding hydrogens is 463 g/mol. The zero-order valence-electron chi connectivity index (χ0n) is 15.9. The Hall–Kier alpha value is -2.60. The Labute approximate surface area is 178 Å². The van der Waals surface area contributed by atoms with Crippen LogP contribution in [0.4, 0.5) is 22.0 Å². The third-order valence-electron chi connectivity index (χ3n) is 4.09. The second kappa shape index (κ2) is 8.50. The average Bonchev–Trinajstić information content (AvgIpc) is 3.19. The molecular formula is C19H15F5N2O3S2. The molecule has 31 heavy (non-hydrogen) atoms. The Morgan fingerprint density at radius 3 is 2.26 bits per heavy atom. The molecule has 0 saturated carbocycles. The van der Waals surface area contributed by atoms with Gasteiger partial charge < -0.3 is 4.74 Å². The van der Waals surface area contributed by atoms with Gasteiger partial charge in [0.2, 0.25) is 0 Å². The summed E-state index contributed by atoms with van der Waals surface area (Å²) in [5.74, 6) is -5.52. The number of hydrogen-bond donors (Lipinski definition) is 0. The molecule has 0 fully saturated rings. The fraction of sp³-hybridized carbons (Fsp3) is 0.263. The summed E-state index contributed by atoms with van der Waals surface area (Å²) in [6, 6.07) is 11.2. The fourth-order valence-corrected chi connectivity index (χ4v) is 4.99. The van der Waals surface area contributed by atoms with Crippen LogP contribution < -0.4 is 4.74 Å². The number of pyridine rings is 1. The monoisotopic (exact) mass is 478 g/mol. The molecule has 0 aliphatic heterocycles. The van der Waals surface area contributed by atoms with Gasteiger partial charge in [-0.2, -0.15) is 22.0 Å². The van der Waals surface area contributed by atoms with E-state index in [0.29, 0.717) is 10.6 Å². The van der Waals surface area contributed by atoms with Crippen molar-refractivity contribution in [3.8, 4) is 27.7 Å². The molecule has 166 valence electrons. The lowest BCUT2D eigenvalue weighted by Gasteiger charge is -2.19. The first-order chi connectivity index (χ1) is 14.4.